The Labute approximate surface area is 83.9 Å². The van der Waals surface area contributed by atoms with Crippen LogP contribution < -0.4 is 0 Å². The van der Waals surface area contributed by atoms with Crippen LogP contribution in [0.3, 0.4) is 0 Å². The van der Waals surface area contributed by atoms with Gasteiger partial charge in [0.15, 0.2) is 0 Å². The molecule has 0 aliphatic heterocycles. The minimum Gasteiger partial charge on any atom is -0.466 e. The van der Waals surface area contributed by atoms with E-state index in [2.05, 4.69) is 4.74 Å². The molecule has 0 amide bonds. The fourth-order valence-electron chi connectivity index (χ4n) is 0.718. The molecule has 0 radical (unpaired) electrons. The molecule has 0 rings (SSSR count). The highest BCUT2D eigenvalue weighted by molar-refractivity contribution is 5.91. The number of hydrogen-bond acceptors (Lipinski definition) is 4. The van der Waals surface area contributed by atoms with Crippen LogP contribution in [0.2, 0.25) is 0 Å². The summed E-state index contributed by atoms with van der Waals surface area (Å²) in [6.07, 6.45) is 1.62. The van der Waals surface area contributed by atoms with E-state index in [9.17, 15) is 9.59 Å². The maximum absolute atomic E-state index is 11.3. The van der Waals surface area contributed by atoms with Crippen LogP contribution in [0.15, 0.2) is 11.6 Å². The van der Waals surface area contributed by atoms with E-state index in [1.54, 1.807) is 19.9 Å². The summed E-state index contributed by atoms with van der Waals surface area (Å²) in [7, 11) is 1.25. The summed E-state index contributed by atoms with van der Waals surface area (Å²) in [6.45, 7) is 6.32. The number of rotatable bonds is 3. The lowest BCUT2D eigenvalue weighted by Gasteiger charge is -2.21. The predicted molar refractivity (Wildman–Crippen MR) is 51.6 cm³/mol. The van der Waals surface area contributed by atoms with Crippen LogP contribution in [-0.2, 0) is 19.1 Å². The molecule has 14 heavy (non-hydrogen) atoms. The van der Waals surface area contributed by atoms with Crippen molar-refractivity contribution < 1.29 is 19.1 Å². The Bertz CT molecular complexity index is 263. The first-order valence-electron chi connectivity index (χ1n) is 4.29. The normalized spacial score (nSPS) is 12.2. The van der Waals surface area contributed by atoms with Gasteiger partial charge in [-0.3, -0.25) is 0 Å². The largest absolute Gasteiger partial charge is 0.466 e. The molecule has 0 aliphatic rings. The third kappa shape index (κ3) is 3.20. The minimum absolute atomic E-state index is 0.460. The second-order valence-electron chi connectivity index (χ2n) is 3.36. The molecule has 0 aromatic carbocycles. The van der Waals surface area contributed by atoms with Crippen LogP contribution in [0.4, 0.5) is 0 Å². The lowest BCUT2D eigenvalue weighted by molar-refractivity contribution is -0.174. The molecule has 0 heterocycles. The first-order chi connectivity index (χ1) is 6.35. The number of carbonyl (C=O) groups excluding carboxylic acids is 2. The van der Waals surface area contributed by atoms with Crippen LogP contribution in [0.25, 0.3) is 0 Å². The zero-order valence-corrected chi connectivity index (χ0v) is 9.21. The highest BCUT2D eigenvalue weighted by Crippen LogP contribution is 2.13. The molecule has 0 atom stereocenters. The van der Waals surface area contributed by atoms with Gasteiger partial charge in [-0.1, -0.05) is 6.08 Å². The van der Waals surface area contributed by atoms with Gasteiger partial charge in [0.05, 0.1) is 7.11 Å². The molecule has 0 N–H and O–H groups in total. The lowest BCUT2D eigenvalue weighted by atomic mass is 10.1. The fourth-order valence-corrected chi connectivity index (χ4v) is 0.718. The van der Waals surface area contributed by atoms with Crippen LogP contribution in [0.5, 0.6) is 0 Å². The summed E-state index contributed by atoms with van der Waals surface area (Å²) in [4.78, 5) is 22.5. The van der Waals surface area contributed by atoms with E-state index >= 15 is 0 Å². The number of allylic oxidation sites excluding steroid dienone is 1. The fraction of sp³-hybridized carbons (Fsp3) is 0.600. The average molecular weight is 200 g/mol. The second-order valence-corrected chi connectivity index (χ2v) is 3.36. The summed E-state index contributed by atoms with van der Waals surface area (Å²) in [5.74, 6) is -1.09. The third-order valence-corrected chi connectivity index (χ3v) is 1.78. The standard InChI is InChI=1S/C10H16O4/c1-6-7(2)8(11)14-10(3,4)9(12)13-5/h6H,1-5H3. The number of carbonyl (C=O) groups is 2. The molecule has 0 spiro atoms. The zero-order chi connectivity index (χ0) is 11.4. The molecule has 0 aromatic rings. The van der Waals surface area contributed by atoms with Gasteiger partial charge in [-0.2, -0.15) is 0 Å². The van der Waals surface area contributed by atoms with Crippen molar-refractivity contribution in [3.8, 4) is 0 Å². The molecule has 0 saturated carbocycles. The lowest BCUT2D eigenvalue weighted by Crippen LogP contribution is -2.38. The van der Waals surface area contributed by atoms with Crippen LogP contribution >= 0.6 is 0 Å². The Morgan fingerprint density at radius 1 is 1.29 bits per heavy atom. The van der Waals surface area contributed by atoms with E-state index < -0.39 is 17.5 Å². The van der Waals surface area contributed by atoms with Crippen molar-refractivity contribution in [1.82, 2.24) is 0 Å². The van der Waals surface area contributed by atoms with Crippen molar-refractivity contribution in [1.29, 1.82) is 0 Å². The van der Waals surface area contributed by atoms with Gasteiger partial charge in [-0.05, 0) is 27.7 Å². The Morgan fingerprint density at radius 2 is 1.79 bits per heavy atom. The molecule has 0 aliphatic carbocycles. The van der Waals surface area contributed by atoms with Crippen molar-refractivity contribution in [2.45, 2.75) is 33.3 Å². The summed E-state index contributed by atoms with van der Waals surface area (Å²) < 4.78 is 9.46. The monoisotopic (exact) mass is 200 g/mol. The molecule has 0 aromatic heterocycles. The van der Waals surface area contributed by atoms with Crippen molar-refractivity contribution in [3.05, 3.63) is 11.6 Å². The van der Waals surface area contributed by atoms with Crippen LogP contribution in [-0.4, -0.2) is 24.6 Å². The Balaban J connectivity index is 4.52. The highest BCUT2D eigenvalue weighted by atomic mass is 16.6. The maximum atomic E-state index is 11.3. The maximum Gasteiger partial charge on any atom is 0.349 e. The average Bonchev–Trinajstić information content (AvgIpc) is 2.14. The van der Waals surface area contributed by atoms with E-state index in [1.807, 2.05) is 0 Å². The number of methoxy groups -OCH3 is 1. The number of esters is 2. The molecular weight excluding hydrogens is 184 g/mol. The quantitative estimate of drug-likeness (QED) is 0.511. The van der Waals surface area contributed by atoms with E-state index in [1.165, 1.54) is 21.0 Å². The van der Waals surface area contributed by atoms with E-state index in [0.717, 1.165) is 0 Å². The van der Waals surface area contributed by atoms with E-state index in [-0.39, 0.29) is 0 Å². The zero-order valence-electron chi connectivity index (χ0n) is 9.21. The Kier molecular flexibility index (Phi) is 4.34. The van der Waals surface area contributed by atoms with Gasteiger partial charge < -0.3 is 9.47 Å². The first-order valence-corrected chi connectivity index (χ1v) is 4.29. The van der Waals surface area contributed by atoms with Crippen LogP contribution in [0.1, 0.15) is 27.7 Å². The molecule has 0 unspecified atom stereocenters. The van der Waals surface area contributed by atoms with Crippen molar-refractivity contribution in [3.63, 3.8) is 0 Å². The Morgan fingerprint density at radius 3 is 2.14 bits per heavy atom. The molecule has 80 valence electrons. The van der Waals surface area contributed by atoms with Crippen LogP contribution in [0, 0.1) is 0 Å². The SMILES string of the molecule is CC=C(C)C(=O)OC(C)(C)C(=O)OC. The molecule has 4 nitrogen and oxygen atoms in total. The van der Waals surface area contributed by atoms with Crippen molar-refractivity contribution >= 4 is 11.9 Å². The Hall–Kier alpha value is -1.32. The molecular formula is C10H16O4. The van der Waals surface area contributed by atoms with Gasteiger partial charge in [0.25, 0.3) is 0 Å². The topological polar surface area (TPSA) is 52.6 Å². The van der Waals surface area contributed by atoms with Gasteiger partial charge in [-0.15, -0.1) is 0 Å². The predicted octanol–water partition coefficient (Wildman–Crippen LogP) is 1.45. The minimum atomic E-state index is -1.24. The van der Waals surface area contributed by atoms with Gasteiger partial charge in [-0.25, -0.2) is 9.59 Å². The molecule has 0 saturated heterocycles. The van der Waals surface area contributed by atoms with Gasteiger partial charge in [0.2, 0.25) is 5.60 Å². The number of hydrogen-bond donors (Lipinski definition) is 0. The summed E-state index contributed by atoms with van der Waals surface area (Å²) >= 11 is 0. The summed E-state index contributed by atoms with van der Waals surface area (Å²) in [6, 6.07) is 0. The smallest absolute Gasteiger partial charge is 0.349 e. The molecule has 4 heteroatoms. The first kappa shape index (κ1) is 12.7. The summed E-state index contributed by atoms with van der Waals surface area (Å²) in [5.41, 5.74) is -0.780. The van der Waals surface area contributed by atoms with E-state index in [0.29, 0.717) is 5.57 Å². The van der Waals surface area contributed by atoms with Gasteiger partial charge >= 0.3 is 11.9 Å². The second kappa shape index (κ2) is 4.79. The van der Waals surface area contributed by atoms with E-state index in [4.69, 9.17) is 4.74 Å². The molecule has 0 fully saturated rings. The summed E-state index contributed by atoms with van der Waals surface area (Å²) in [5, 5.41) is 0. The van der Waals surface area contributed by atoms with Gasteiger partial charge in [0, 0.05) is 5.57 Å². The third-order valence-electron chi connectivity index (χ3n) is 1.78. The van der Waals surface area contributed by atoms with Crippen molar-refractivity contribution in [2.24, 2.45) is 0 Å². The highest BCUT2D eigenvalue weighted by Gasteiger charge is 2.33. The number of ether oxygens (including phenoxy) is 2. The van der Waals surface area contributed by atoms with Gasteiger partial charge in [0.1, 0.15) is 0 Å². The molecule has 0 bridgehead atoms. The van der Waals surface area contributed by atoms with Crippen molar-refractivity contribution in [2.75, 3.05) is 7.11 Å².